The zero-order chi connectivity index (χ0) is 18.8. The van der Waals surface area contributed by atoms with Gasteiger partial charge in [0.15, 0.2) is 17.5 Å². The summed E-state index contributed by atoms with van der Waals surface area (Å²) in [5.41, 5.74) is 1.00. The summed E-state index contributed by atoms with van der Waals surface area (Å²) in [7, 11) is 3.45. The van der Waals surface area contributed by atoms with Gasteiger partial charge in [-0.3, -0.25) is 4.79 Å². The smallest absolute Gasteiger partial charge is 0.241 e. The topological polar surface area (TPSA) is 84.4 Å². The second kappa shape index (κ2) is 10.5. The Morgan fingerprint density at radius 2 is 2.08 bits per heavy atom. The number of likely N-dealkylation sites (N-methyl/N-ethyl adjacent to an activating group) is 1. The third-order valence-corrected chi connectivity index (χ3v) is 3.72. The highest BCUT2D eigenvalue weighted by Crippen LogP contribution is 2.32. The van der Waals surface area contributed by atoms with Crippen LogP contribution in [0.2, 0.25) is 0 Å². The molecule has 0 aliphatic carbocycles. The van der Waals surface area contributed by atoms with Crippen LogP contribution in [0.25, 0.3) is 0 Å². The van der Waals surface area contributed by atoms with Gasteiger partial charge in [0.25, 0.3) is 0 Å². The number of ether oxygens (including phenoxy) is 3. The van der Waals surface area contributed by atoms with Crippen molar-refractivity contribution in [2.24, 2.45) is 4.99 Å². The number of nitrogens with zero attached hydrogens (tertiary/aromatic N) is 2. The minimum atomic E-state index is -0.0168. The normalized spacial score (nSPS) is 12.8. The van der Waals surface area contributed by atoms with Crippen LogP contribution >= 0.6 is 0 Å². The molecule has 144 valence electrons. The first kappa shape index (κ1) is 19.8. The molecule has 0 spiro atoms. The van der Waals surface area contributed by atoms with Gasteiger partial charge in [0.1, 0.15) is 0 Å². The van der Waals surface area contributed by atoms with E-state index >= 15 is 0 Å². The van der Waals surface area contributed by atoms with Crippen LogP contribution in [0.15, 0.2) is 23.2 Å². The molecule has 0 fully saturated rings. The van der Waals surface area contributed by atoms with E-state index in [0.717, 1.165) is 23.5 Å². The lowest BCUT2D eigenvalue weighted by Gasteiger charge is -2.15. The maximum atomic E-state index is 11.8. The molecule has 1 heterocycles. The molecule has 0 atom stereocenters. The number of carbonyl (C=O) groups excluding carboxylic acids is 1. The lowest BCUT2D eigenvalue weighted by molar-refractivity contribution is -0.127. The summed E-state index contributed by atoms with van der Waals surface area (Å²) in [5, 5.41) is 6.29. The van der Waals surface area contributed by atoms with Gasteiger partial charge in [0.2, 0.25) is 12.7 Å². The third-order valence-electron chi connectivity index (χ3n) is 3.72. The van der Waals surface area contributed by atoms with Crippen LogP contribution in [0.4, 0.5) is 0 Å². The van der Waals surface area contributed by atoms with Crippen LogP contribution in [-0.4, -0.2) is 64.0 Å². The summed E-state index contributed by atoms with van der Waals surface area (Å²) in [6.45, 7) is 4.99. The lowest BCUT2D eigenvalue weighted by atomic mass is 10.2. The first-order valence-corrected chi connectivity index (χ1v) is 8.78. The molecule has 8 heteroatoms. The van der Waals surface area contributed by atoms with E-state index in [1.54, 1.807) is 14.1 Å². The molecule has 1 aromatic carbocycles. The fourth-order valence-corrected chi connectivity index (χ4v) is 2.23. The second-order valence-corrected chi connectivity index (χ2v) is 5.97. The van der Waals surface area contributed by atoms with Crippen LogP contribution in [0.5, 0.6) is 11.5 Å². The standard InChI is InChI=1S/C18H28N4O4/c1-4-24-9-5-8-19-18(21-12-17(23)22(2)3)20-11-14-6-7-15-16(10-14)26-13-25-15/h6-7,10H,4-5,8-9,11-13H2,1-3H3,(H2,19,20,21). The molecule has 0 radical (unpaired) electrons. The molecule has 0 unspecified atom stereocenters. The first-order valence-electron chi connectivity index (χ1n) is 8.78. The molecule has 1 aliphatic heterocycles. The number of hydrogen-bond donors (Lipinski definition) is 2. The van der Waals surface area contributed by atoms with Crippen molar-refractivity contribution in [3.05, 3.63) is 23.8 Å². The molecule has 2 N–H and O–H groups in total. The average molecular weight is 364 g/mol. The van der Waals surface area contributed by atoms with Gasteiger partial charge in [-0.1, -0.05) is 6.07 Å². The molecule has 0 aromatic heterocycles. The van der Waals surface area contributed by atoms with Crippen LogP contribution in [0.3, 0.4) is 0 Å². The van der Waals surface area contributed by atoms with E-state index in [1.165, 1.54) is 4.90 Å². The Labute approximate surface area is 154 Å². The summed E-state index contributed by atoms with van der Waals surface area (Å²) < 4.78 is 16.0. The number of carbonyl (C=O) groups is 1. The van der Waals surface area contributed by atoms with Crippen molar-refractivity contribution < 1.29 is 19.0 Å². The summed E-state index contributed by atoms with van der Waals surface area (Å²) in [6.07, 6.45) is 0.861. The van der Waals surface area contributed by atoms with E-state index in [9.17, 15) is 4.79 Å². The molecule has 0 bridgehead atoms. The summed E-state index contributed by atoms with van der Waals surface area (Å²) >= 11 is 0. The zero-order valence-corrected chi connectivity index (χ0v) is 15.7. The molecule has 8 nitrogen and oxygen atoms in total. The zero-order valence-electron chi connectivity index (χ0n) is 15.7. The molecule has 26 heavy (non-hydrogen) atoms. The quantitative estimate of drug-likeness (QED) is 0.386. The summed E-state index contributed by atoms with van der Waals surface area (Å²) in [4.78, 5) is 17.9. The molecular weight excluding hydrogens is 336 g/mol. The SMILES string of the molecule is CCOCCCNC(=NCc1ccc2c(c1)OCO2)NCC(=O)N(C)C. The number of benzene rings is 1. The Balaban J connectivity index is 1.91. The number of aliphatic imine (C=N–C) groups is 1. The number of hydrogen-bond acceptors (Lipinski definition) is 5. The number of guanidine groups is 1. The van der Waals surface area contributed by atoms with Gasteiger partial charge in [-0.15, -0.1) is 0 Å². The molecule has 1 amide bonds. The van der Waals surface area contributed by atoms with Gasteiger partial charge in [-0.05, 0) is 31.0 Å². The minimum absolute atomic E-state index is 0.0168. The van der Waals surface area contributed by atoms with E-state index in [4.69, 9.17) is 14.2 Å². The summed E-state index contributed by atoms with van der Waals surface area (Å²) in [6, 6.07) is 5.75. The van der Waals surface area contributed by atoms with E-state index in [2.05, 4.69) is 15.6 Å². The van der Waals surface area contributed by atoms with E-state index in [0.29, 0.717) is 32.3 Å². The van der Waals surface area contributed by atoms with Crippen molar-refractivity contribution in [2.75, 3.05) is 47.2 Å². The van der Waals surface area contributed by atoms with Crippen molar-refractivity contribution in [3.8, 4) is 11.5 Å². The lowest BCUT2D eigenvalue weighted by Crippen LogP contribution is -2.43. The van der Waals surface area contributed by atoms with Crippen LogP contribution < -0.4 is 20.1 Å². The minimum Gasteiger partial charge on any atom is -0.454 e. The Morgan fingerprint density at radius 1 is 1.27 bits per heavy atom. The van der Waals surface area contributed by atoms with Gasteiger partial charge in [0.05, 0.1) is 13.1 Å². The fraction of sp³-hybridized carbons (Fsp3) is 0.556. The van der Waals surface area contributed by atoms with E-state index in [1.807, 2.05) is 25.1 Å². The van der Waals surface area contributed by atoms with Crippen molar-refractivity contribution in [1.29, 1.82) is 0 Å². The van der Waals surface area contributed by atoms with Crippen LogP contribution in [0.1, 0.15) is 18.9 Å². The Morgan fingerprint density at radius 3 is 2.85 bits per heavy atom. The van der Waals surface area contributed by atoms with Crippen LogP contribution in [0, 0.1) is 0 Å². The predicted octanol–water partition coefficient (Wildman–Crippen LogP) is 0.965. The highest BCUT2D eigenvalue weighted by atomic mass is 16.7. The van der Waals surface area contributed by atoms with Crippen molar-refractivity contribution in [1.82, 2.24) is 15.5 Å². The second-order valence-electron chi connectivity index (χ2n) is 5.97. The van der Waals surface area contributed by atoms with Gasteiger partial charge >= 0.3 is 0 Å². The highest BCUT2D eigenvalue weighted by molar-refractivity contribution is 5.86. The summed E-state index contributed by atoms with van der Waals surface area (Å²) in [5.74, 6) is 2.06. The predicted molar refractivity (Wildman–Crippen MR) is 99.5 cm³/mol. The van der Waals surface area contributed by atoms with Crippen molar-refractivity contribution >= 4 is 11.9 Å². The maximum Gasteiger partial charge on any atom is 0.241 e. The molecule has 1 aromatic rings. The van der Waals surface area contributed by atoms with Gasteiger partial charge < -0.3 is 29.7 Å². The van der Waals surface area contributed by atoms with Crippen molar-refractivity contribution in [2.45, 2.75) is 19.9 Å². The monoisotopic (exact) mass is 364 g/mol. The maximum absolute atomic E-state index is 11.8. The highest BCUT2D eigenvalue weighted by Gasteiger charge is 2.13. The van der Waals surface area contributed by atoms with Gasteiger partial charge in [0, 0.05) is 33.9 Å². The molecule has 0 saturated carbocycles. The number of nitrogens with one attached hydrogen (secondary N) is 2. The number of rotatable bonds is 9. The third kappa shape index (κ3) is 6.44. The largest absolute Gasteiger partial charge is 0.454 e. The van der Waals surface area contributed by atoms with E-state index < -0.39 is 0 Å². The molecule has 2 rings (SSSR count). The molecule has 0 saturated heterocycles. The Kier molecular flexibility index (Phi) is 8.01. The van der Waals surface area contributed by atoms with Crippen LogP contribution in [-0.2, 0) is 16.1 Å². The number of amides is 1. The first-order chi connectivity index (χ1) is 12.6. The van der Waals surface area contributed by atoms with E-state index in [-0.39, 0.29) is 19.2 Å². The van der Waals surface area contributed by atoms with Gasteiger partial charge in [-0.25, -0.2) is 4.99 Å². The average Bonchev–Trinajstić information content (AvgIpc) is 3.10. The molecule has 1 aliphatic rings. The number of fused-ring (bicyclic) bond motifs is 1. The fourth-order valence-electron chi connectivity index (χ4n) is 2.23. The Bertz CT molecular complexity index is 619. The van der Waals surface area contributed by atoms with Crippen molar-refractivity contribution in [3.63, 3.8) is 0 Å². The Hall–Kier alpha value is -2.48. The van der Waals surface area contributed by atoms with Gasteiger partial charge in [-0.2, -0.15) is 0 Å². The molecular formula is C18H28N4O4.